The zero-order valence-electron chi connectivity index (χ0n) is 14.6. The van der Waals surface area contributed by atoms with Gasteiger partial charge in [-0.15, -0.1) is 11.3 Å². The molecule has 4 rings (SSSR count). The normalized spacial score (nSPS) is 15.3. The topological polar surface area (TPSA) is 48.5 Å². The van der Waals surface area contributed by atoms with Crippen LogP contribution in [0.1, 0.15) is 9.80 Å². The summed E-state index contributed by atoms with van der Waals surface area (Å²) in [7, 11) is 0. The van der Waals surface area contributed by atoms with Crippen molar-refractivity contribution in [2.75, 3.05) is 44.2 Å². The molecule has 0 radical (unpaired) electrons. The van der Waals surface area contributed by atoms with Gasteiger partial charge in [-0.25, -0.2) is 4.98 Å². The Morgan fingerprint density at radius 1 is 1.00 bits per heavy atom. The third-order valence-corrected chi connectivity index (χ3v) is 5.73. The number of benzene rings is 2. The molecule has 1 fully saturated rings. The van der Waals surface area contributed by atoms with Crippen molar-refractivity contribution in [2.45, 2.75) is 0 Å². The third-order valence-electron chi connectivity index (χ3n) is 4.70. The highest BCUT2D eigenvalue weighted by molar-refractivity contribution is 7.20. The maximum Gasteiger partial charge on any atom is 0.280 e. The molecule has 1 saturated heterocycles. The van der Waals surface area contributed by atoms with E-state index in [1.165, 1.54) is 17.0 Å². The highest BCUT2D eigenvalue weighted by atomic mass is 32.1. The molecule has 0 spiro atoms. The highest BCUT2D eigenvalue weighted by Crippen LogP contribution is 2.21. The Balaban J connectivity index is 1.23. The molecule has 0 saturated carbocycles. The lowest BCUT2D eigenvalue weighted by atomic mass is 10.2. The van der Waals surface area contributed by atoms with Crippen LogP contribution in [-0.4, -0.2) is 55.1 Å². The van der Waals surface area contributed by atoms with E-state index in [1.54, 1.807) is 0 Å². The number of hydrogen-bond donors (Lipinski definition) is 1. The van der Waals surface area contributed by atoms with Crippen molar-refractivity contribution in [1.29, 1.82) is 0 Å². The van der Waals surface area contributed by atoms with Gasteiger partial charge in [0.05, 0.1) is 10.2 Å². The summed E-state index contributed by atoms with van der Waals surface area (Å²) in [6, 6.07) is 18.4. The van der Waals surface area contributed by atoms with Gasteiger partial charge in [-0.2, -0.15) is 0 Å². The molecule has 0 atom stereocenters. The molecule has 0 unspecified atom stereocenters. The second-order valence-corrected chi connectivity index (χ2v) is 7.44. The van der Waals surface area contributed by atoms with Gasteiger partial charge in [-0.1, -0.05) is 30.3 Å². The summed E-state index contributed by atoms with van der Waals surface area (Å²) in [6.07, 6.45) is 0. The number of nitrogens with zero attached hydrogens (tertiary/aromatic N) is 3. The van der Waals surface area contributed by atoms with E-state index in [0.717, 1.165) is 42.9 Å². The van der Waals surface area contributed by atoms with Gasteiger partial charge in [0.1, 0.15) is 0 Å². The van der Waals surface area contributed by atoms with Gasteiger partial charge in [0.15, 0.2) is 5.01 Å². The average Bonchev–Trinajstić information content (AvgIpc) is 3.13. The number of fused-ring (bicyclic) bond motifs is 1. The Kier molecular flexibility index (Phi) is 5.13. The molecule has 0 bridgehead atoms. The van der Waals surface area contributed by atoms with E-state index in [1.807, 2.05) is 30.3 Å². The van der Waals surface area contributed by atoms with Crippen molar-refractivity contribution >= 4 is 33.1 Å². The molecule has 2 heterocycles. The smallest absolute Gasteiger partial charge is 0.280 e. The van der Waals surface area contributed by atoms with Gasteiger partial charge in [0.2, 0.25) is 0 Å². The molecular formula is C20H22N4OS. The predicted octanol–water partition coefficient (Wildman–Crippen LogP) is 2.85. The lowest BCUT2D eigenvalue weighted by Crippen LogP contribution is -2.48. The number of aromatic nitrogens is 1. The number of para-hydroxylation sites is 2. The van der Waals surface area contributed by atoms with Crippen molar-refractivity contribution in [3.63, 3.8) is 0 Å². The molecule has 1 aliphatic heterocycles. The zero-order valence-corrected chi connectivity index (χ0v) is 15.4. The first-order valence-corrected chi connectivity index (χ1v) is 9.77. The summed E-state index contributed by atoms with van der Waals surface area (Å²) >= 11 is 1.45. The first-order valence-electron chi connectivity index (χ1n) is 8.96. The lowest BCUT2D eigenvalue weighted by molar-refractivity contribution is 0.0947. The molecule has 1 aromatic heterocycles. The monoisotopic (exact) mass is 366 g/mol. The summed E-state index contributed by atoms with van der Waals surface area (Å²) < 4.78 is 1.05. The largest absolute Gasteiger partial charge is 0.369 e. The van der Waals surface area contributed by atoms with Crippen LogP contribution < -0.4 is 10.2 Å². The van der Waals surface area contributed by atoms with E-state index < -0.39 is 0 Å². The van der Waals surface area contributed by atoms with Crippen LogP contribution in [0.2, 0.25) is 0 Å². The molecule has 1 N–H and O–H groups in total. The van der Waals surface area contributed by atoms with Gasteiger partial charge >= 0.3 is 0 Å². The van der Waals surface area contributed by atoms with Crippen LogP contribution in [0.15, 0.2) is 54.6 Å². The number of rotatable bonds is 5. The number of carbonyl (C=O) groups excluding carboxylic acids is 1. The van der Waals surface area contributed by atoms with Gasteiger partial charge in [0, 0.05) is 45.0 Å². The van der Waals surface area contributed by atoms with Gasteiger partial charge < -0.3 is 10.2 Å². The Morgan fingerprint density at radius 2 is 1.73 bits per heavy atom. The van der Waals surface area contributed by atoms with Crippen LogP contribution >= 0.6 is 11.3 Å². The minimum absolute atomic E-state index is 0.0749. The molecule has 2 aromatic carbocycles. The van der Waals surface area contributed by atoms with Crippen molar-refractivity contribution < 1.29 is 4.79 Å². The van der Waals surface area contributed by atoms with E-state index in [0.29, 0.717) is 11.6 Å². The second kappa shape index (κ2) is 7.85. The molecule has 3 aromatic rings. The average molecular weight is 366 g/mol. The minimum Gasteiger partial charge on any atom is -0.369 e. The first-order chi connectivity index (χ1) is 12.8. The first kappa shape index (κ1) is 17.0. The number of nitrogens with one attached hydrogen (secondary N) is 1. The molecule has 26 heavy (non-hydrogen) atoms. The Hall–Kier alpha value is -2.44. The SMILES string of the molecule is O=C(NCCN1CCN(c2ccccc2)CC1)c1nc2ccccc2s1. The summed E-state index contributed by atoms with van der Waals surface area (Å²) in [4.78, 5) is 21.5. The maximum absolute atomic E-state index is 12.3. The van der Waals surface area contributed by atoms with E-state index in [4.69, 9.17) is 0 Å². The van der Waals surface area contributed by atoms with E-state index >= 15 is 0 Å². The minimum atomic E-state index is -0.0749. The number of thiazole rings is 1. The third kappa shape index (κ3) is 3.86. The lowest BCUT2D eigenvalue weighted by Gasteiger charge is -2.36. The van der Waals surface area contributed by atoms with Gasteiger partial charge in [0.25, 0.3) is 5.91 Å². The Bertz CT molecular complexity index is 839. The zero-order chi connectivity index (χ0) is 17.8. The van der Waals surface area contributed by atoms with Crippen LogP contribution in [0.4, 0.5) is 5.69 Å². The Labute approximate surface area is 157 Å². The number of anilines is 1. The van der Waals surface area contributed by atoms with E-state index in [-0.39, 0.29) is 5.91 Å². The van der Waals surface area contributed by atoms with Crippen molar-refractivity contribution in [2.24, 2.45) is 0 Å². The number of carbonyl (C=O) groups is 1. The Morgan fingerprint density at radius 3 is 2.50 bits per heavy atom. The second-order valence-electron chi connectivity index (χ2n) is 6.41. The molecule has 1 amide bonds. The summed E-state index contributed by atoms with van der Waals surface area (Å²) in [5.74, 6) is -0.0749. The maximum atomic E-state index is 12.3. The summed E-state index contributed by atoms with van der Waals surface area (Å²) in [5, 5.41) is 3.55. The molecular weight excluding hydrogens is 344 g/mol. The van der Waals surface area contributed by atoms with Crippen LogP contribution in [0, 0.1) is 0 Å². The quantitative estimate of drug-likeness (QED) is 0.754. The molecule has 5 nitrogen and oxygen atoms in total. The summed E-state index contributed by atoms with van der Waals surface area (Å²) in [6.45, 7) is 5.61. The van der Waals surface area contributed by atoms with Crippen molar-refractivity contribution in [3.8, 4) is 0 Å². The van der Waals surface area contributed by atoms with Crippen LogP contribution in [-0.2, 0) is 0 Å². The van der Waals surface area contributed by atoms with E-state index in [2.05, 4.69) is 44.4 Å². The van der Waals surface area contributed by atoms with Crippen molar-refractivity contribution in [1.82, 2.24) is 15.2 Å². The van der Waals surface area contributed by atoms with Crippen LogP contribution in [0.25, 0.3) is 10.2 Å². The number of amides is 1. The van der Waals surface area contributed by atoms with Crippen LogP contribution in [0.5, 0.6) is 0 Å². The fraction of sp³-hybridized carbons (Fsp3) is 0.300. The molecule has 134 valence electrons. The van der Waals surface area contributed by atoms with Crippen molar-refractivity contribution in [3.05, 3.63) is 59.6 Å². The predicted molar refractivity (Wildman–Crippen MR) is 107 cm³/mol. The van der Waals surface area contributed by atoms with Gasteiger partial charge in [-0.3, -0.25) is 9.69 Å². The standard InChI is InChI=1S/C20H22N4OS/c25-19(20-22-17-8-4-5-9-18(17)26-20)21-10-11-23-12-14-24(15-13-23)16-6-2-1-3-7-16/h1-9H,10-15H2,(H,21,25). The van der Waals surface area contributed by atoms with E-state index in [9.17, 15) is 4.79 Å². The fourth-order valence-electron chi connectivity index (χ4n) is 3.24. The fourth-order valence-corrected chi connectivity index (χ4v) is 4.12. The molecule has 6 heteroatoms. The number of hydrogen-bond acceptors (Lipinski definition) is 5. The molecule has 0 aliphatic carbocycles. The van der Waals surface area contributed by atoms with Crippen LogP contribution in [0.3, 0.4) is 0 Å². The molecule has 1 aliphatic rings. The summed E-state index contributed by atoms with van der Waals surface area (Å²) in [5.41, 5.74) is 2.18. The van der Waals surface area contributed by atoms with Gasteiger partial charge in [-0.05, 0) is 24.3 Å². The number of piperazine rings is 1. The highest BCUT2D eigenvalue weighted by Gasteiger charge is 2.17.